The second-order valence-electron chi connectivity index (χ2n) is 4.39. The van der Waals surface area contributed by atoms with Crippen molar-refractivity contribution in [2.75, 3.05) is 55.2 Å². The van der Waals surface area contributed by atoms with E-state index in [-0.39, 0.29) is 5.25 Å². The summed E-state index contributed by atoms with van der Waals surface area (Å²) in [6, 6.07) is 0.765. The Labute approximate surface area is 118 Å². The Kier molecular flexibility index (Phi) is 10.4. The van der Waals surface area contributed by atoms with Gasteiger partial charge in [-0.3, -0.25) is 0 Å². The van der Waals surface area contributed by atoms with Crippen LogP contribution in [-0.2, 0) is 18.0 Å². The number of ether oxygens (including phenoxy) is 1. The third-order valence-electron chi connectivity index (χ3n) is 2.59. The lowest BCUT2D eigenvalue weighted by atomic mass is 10.4. The summed E-state index contributed by atoms with van der Waals surface area (Å²) >= 11 is 4.45. The van der Waals surface area contributed by atoms with E-state index in [2.05, 4.69) is 17.5 Å². The van der Waals surface area contributed by atoms with Crippen molar-refractivity contribution in [3.8, 4) is 0 Å². The van der Waals surface area contributed by atoms with Crippen LogP contribution in [0.1, 0.15) is 6.42 Å². The molecule has 0 aromatic carbocycles. The standard InChI is InChI=1S/C11H27NO4SSi/c1-12(2)9-11(17)10-16-7-6-8-18(13-3,14-4)15-5/h11,17H,6-10H2,1-5H3. The fraction of sp³-hybridized carbons (Fsp3) is 1.00. The molecule has 1 atom stereocenters. The molecule has 0 fully saturated rings. The van der Waals surface area contributed by atoms with Gasteiger partial charge in [-0.05, 0) is 20.5 Å². The molecule has 0 spiro atoms. The highest BCUT2D eigenvalue weighted by molar-refractivity contribution is 7.81. The monoisotopic (exact) mass is 297 g/mol. The van der Waals surface area contributed by atoms with Crippen molar-refractivity contribution in [3.63, 3.8) is 0 Å². The van der Waals surface area contributed by atoms with Crippen LogP contribution >= 0.6 is 12.6 Å². The van der Waals surface area contributed by atoms with Crippen LogP contribution in [0.4, 0.5) is 0 Å². The molecule has 0 bridgehead atoms. The van der Waals surface area contributed by atoms with E-state index in [1.807, 2.05) is 14.1 Å². The number of hydrogen-bond acceptors (Lipinski definition) is 6. The maximum atomic E-state index is 5.58. The van der Waals surface area contributed by atoms with Gasteiger partial charge in [0.1, 0.15) is 0 Å². The van der Waals surface area contributed by atoms with Gasteiger partial charge in [-0.2, -0.15) is 12.6 Å². The third kappa shape index (κ3) is 7.73. The molecule has 0 N–H and O–H groups in total. The summed E-state index contributed by atoms with van der Waals surface area (Å²) in [5, 5.41) is 0.245. The zero-order chi connectivity index (χ0) is 14.0. The molecule has 0 heterocycles. The minimum Gasteiger partial charge on any atom is -0.380 e. The van der Waals surface area contributed by atoms with E-state index < -0.39 is 8.80 Å². The van der Waals surface area contributed by atoms with Crippen LogP contribution in [0.3, 0.4) is 0 Å². The molecule has 7 heteroatoms. The summed E-state index contributed by atoms with van der Waals surface area (Å²) in [6.07, 6.45) is 0.865. The first-order valence-electron chi connectivity index (χ1n) is 6.05. The van der Waals surface area contributed by atoms with Gasteiger partial charge < -0.3 is 22.9 Å². The smallest absolute Gasteiger partial charge is 0.380 e. The Morgan fingerprint density at radius 1 is 1.11 bits per heavy atom. The maximum absolute atomic E-state index is 5.58. The van der Waals surface area contributed by atoms with Crippen LogP contribution in [-0.4, -0.2) is 74.1 Å². The van der Waals surface area contributed by atoms with Crippen molar-refractivity contribution in [1.82, 2.24) is 4.90 Å². The molecule has 5 nitrogen and oxygen atoms in total. The van der Waals surface area contributed by atoms with E-state index in [0.29, 0.717) is 13.2 Å². The van der Waals surface area contributed by atoms with Gasteiger partial charge in [-0.1, -0.05) is 0 Å². The van der Waals surface area contributed by atoms with Crippen LogP contribution in [0.2, 0.25) is 6.04 Å². The maximum Gasteiger partial charge on any atom is 0.500 e. The van der Waals surface area contributed by atoms with Crippen LogP contribution in [0.25, 0.3) is 0 Å². The molecule has 18 heavy (non-hydrogen) atoms. The number of thiol groups is 1. The van der Waals surface area contributed by atoms with E-state index in [1.165, 1.54) is 0 Å². The number of rotatable bonds is 11. The molecule has 0 saturated carbocycles. The second-order valence-corrected chi connectivity index (χ2v) is 8.21. The molecule has 0 radical (unpaired) electrons. The van der Waals surface area contributed by atoms with Crippen molar-refractivity contribution in [1.29, 1.82) is 0 Å². The van der Waals surface area contributed by atoms with Gasteiger partial charge in [0.2, 0.25) is 0 Å². The van der Waals surface area contributed by atoms with Gasteiger partial charge in [0.05, 0.1) is 6.61 Å². The third-order valence-corrected chi connectivity index (χ3v) is 5.74. The van der Waals surface area contributed by atoms with Crippen LogP contribution in [0.5, 0.6) is 0 Å². The molecule has 0 aliphatic rings. The molecule has 0 saturated heterocycles. The zero-order valence-electron chi connectivity index (χ0n) is 12.1. The Hall–Kier alpha value is 0.367. The summed E-state index contributed by atoms with van der Waals surface area (Å²) < 4.78 is 21.6. The van der Waals surface area contributed by atoms with Gasteiger partial charge in [-0.15, -0.1) is 0 Å². The van der Waals surface area contributed by atoms with Gasteiger partial charge in [0.15, 0.2) is 0 Å². The second kappa shape index (κ2) is 10.2. The molecule has 0 aromatic heterocycles. The molecule has 0 rings (SSSR count). The van der Waals surface area contributed by atoms with Crippen molar-refractivity contribution in [2.45, 2.75) is 17.7 Å². The Bertz CT molecular complexity index is 197. The summed E-state index contributed by atoms with van der Waals surface area (Å²) in [5.74, 6) is 0. The largest absolute Gasteiger partial charge is 0.500 e. The average molecular weight is 297 g/mol. The first kappa shape index (κ1) is 18.4. The van der Waals surface area contributed by atoms with Gasteiger partial charge in [-0.25, -0.2) is 0 Å². The van der Waals surface area contributed by atoms with Crippen molar-refractivity contribution in [3.05, 3.63) is 0 Å². The van der Waals surface area contributed by atoms with E-state index in [4.69, 9.17) is 18.0 Å². The first-order chi connectivity index (χ1) is 8.49. The highest BCUT2D eigenvalue weighted by Crippen LogP contribution is 2.14. The molecule has 0 aromatic rings. The van der Waals surface area contributed by atoms with Crippen LogP contribution in [0.15, 0.2) is 0 Å². The molecule has 110 valence electrons. The molecule has 0 aliphatic carbocycles. The van der Waals surface area contributed by atoms with Gasteiger partial charge in [0, 0.05) is 45.8 Å². The molecule has 0 aliphatic heterocycles. The number of hydrogen-bond donors (Lipinski definition) is 1. The lowest BCUT2D eigenvalue weighted by molar-refractivity contribution is 0.106. The van der Waals surface area contributed by atoms with Gasteiger partial charge >= 0.3 is 8.80 Å². The van der Waals surface area contributed by atoms with E-state index in [9.17, 15) is 0 Å². The molecular formula is C11H27NO4SSi. The van der Waals surface area contributed by atoms with Crippen LogP contribution in [0, 0.1) is 0 Å². The minimum atomic E-state index is -2.43. The SMILES string of the molecule is CO[Si](CCCOCC(S)CN(C)C)(OC)OC. The fourth-order valence-corrected chi connectivity index (χ4v) is 3.76. The predicted octanol–water partition coefficient (Wildman–Crippen LogP) is 1.13. The molecule has 0 amide bonds. The summed E-state index contributed by atoms with van der Waals surface area (Å²) in [4.78, 5) is 2.10. The predicted molar refractivity (Wildman–Crippen MR) is 78.4 cm³/mol. The highest BCUT2D eigenvalue weighted by atomic mass is 32.1. The Balaban J connectivity index is 3.66. The minimum absolute atomic E-state index is 0.245. The van der Waals surface area contributed by atoms with E-state index in [1.54, 1.807) is 21.3 Å². The topological polar surface area (TPSA) is 40.2 Å². The Morgan fingerprint density at radius 2 is 1.67 bits per heavy atom. The lowest BCUT2D eigenvalue weighted by Crippen LogP contribution is -2.42. The first-order valence-corrected chi connectivity index (χ1v) is 8.50. The van der Waals surface area contributed by atoms with Crippen molar-refractivity contribution in [2.24, 2.45) is 0 Å². The summed E-state index contributed by atoms with van der Waals surface area (Å²) in [6.45, 7) is 2.24. The van der Waals surface area contributed by atoms with Crippen molar-refractivity contribution < 1.29 is 18.0 Å². The fourth-order valence-electron chi connectivity index (χ4n) is 1.64. The summed E-state index contributed by atoms with van der Waals surface area (Å²) in [7, 11) is 6.50. The Morgan fingerprint density at radius 3 is 2.11 bits per heavy atom. The van der Waals surface area contributed by atoms with Crippen molar-refractivity contribution >= 4 is 21.4 Å². The van der Waals surface area contributed by atoms with Crippen LogP contribution < -0.4 is 0 Å². The zero-order valence-corrected chi connectivity index (χ0v) is 14.0. The normalized spacial score (nSPS) is 14.2. The quantitative estimate of drug-likeness (QED) is 0.352. The molecular weight excluding hydrogens is 270 g/mol. The van der Waals surface area contributed by atoms with Gasteiger partial charge in [0.25, 0.3) is 0 Å². The number of nitrogens with zero attached hydrogens (tertiary/aromatic N) is 1. The highest BCUT2D eigenvalue weighted by Gasteiger charge is 2.36. The van der Waals surface area contributed by atoms with E-state index >= 15 is 0 Å². The van der Waals surface area contributed by atoms with E-state index in [0.717, 1.165) is 19.0 Å². The molecule has 1 unspecified atom stereocenters. The summed E-state index contributed by atoms with van der Waals surface area (Å²) in [5.41, 5.74) is 0. The average Bonchev–Trinajstić information content (AvgIpc) is 2.33. The lowest BCUT2D eigenvalue weighted by Gasteiger charge is -2.24.